The highest BCUT2D eigenvalue weighted by atomic mass is 19.1. The maximum Gasteiger partial charge on any atom is 0.271 e. The predicted molar refractivity (Wildman–Crippen MR) is 148 cm³/mol. The van der Waals surface area contributed by atoms with Gasteiger partial charge in [0.1, 0.15) is 0 Å². The normalized spacial score (nSPS) is 11.0. The van der Waals surface area contributed by atoms with Gasteiger partial charge in [0.05, 0.1) is 26.6 Å². The Kier molecular flexibility index (Phi) is 8.93. The lowest BCUT2D eigenvalue weighted by Gasteiger charge is -2.06. The Hall–Kier alpha value is -5.38. The first-order chi connectivity index (χ1) is 19.4. The summed E-state index contributed by atoms with van der Waals surface area (Å²) in [5.41, 5.74) is 8.46. The standard InChI is InChI=1S/C30H24F2N4O4/c1-39-27-15-19(3-13-25(27)31)17-33-35-29(37)23-9-5-21(6-10-23)22-7-11-24(12-8-22)30(38)36-34-18-20-4-14-26(32)28(16-20)40-2/h3-18H,1-2H3,(H,35,37)(H,36,38)/b33-17+,34-18+. The van der Waals surface area contributed by atoms with E-state index < -0.39 is 23.4 Å². The van der Waals surface area contributed by atoms with Crippen molar-refractivity contribution in [1.82, 2.24) is 10.9 Å². The maximum absolute atomic E-state index is 13.5. The molecule has 4 aromatic rings. The van der Waals surface area contributed by atoms with Crippen LogP contribution in [0.15, 0.2) is 95.1 Å². The third-order valence-corrected chi connectivity index (χ3v) is 5.74. The number of methoxy groups -OCH3 is 2. The Balaban J connectivity index is 1.32. The van der Waals surface area contributed by atoms with Gasteiger partial charge in [-0.1, -0.05) is 36.4 Å². The highest BCUT2D eigenvalue weighted by Gasteiger charge is 2.08. The van der Waals surface area contributed by atoms with E-state index >= 15 is 0 Å². The van der Waals surface area contributed by atoms with E-state index in [0.29, 0.717) is 22.3 Å². The van der Waals surface area contributed by atoms with Crippen molar-refractivity contribution < 1.29 is 27.8 Å². The summed E-state index contributed by atoms with van der Waals surface area (Å²) in [7, 11) is 2.73. The number of hydrogen-bond donors (Lipinski definition) is 2. The zero-order valence-electron chi connectivity index (χ0n) is 21.5. The van der Waals surface area contributed by atoms with Gasteiger partial charge < -0.3 is 9.47 Å². The first kappa shape index (κ1) is 27.6. The molecule has 2 amide bonds. The molecule has 8 nitrogen and oxygen atoms in total. The number of nitrogens with one attached hydrogen (secondary N) is 2. The molecule has 0 saturated heterocycles. The fourth-order valence-corrected chi connectivity index (χ4v) is 3.60. The van der Waals surface area contributed by atoms with E-state index in [2.05, 4.69) is 21.1 Å². The molecule has 0 aliphatic heterocycles. The van der Waals surface area contributed by atoms with Crippen molar-refractivity contribution in [3.63, 3.8) is 0 Å². The minimum absolute atomic E-state index is 0.0799. The van der Waals surface area contributed by atoms with E-state index in [1.807, 2.05) is 0 Å². The summed E-state index contributed by atoms with van der Waals surface area (Å²) in [6.45, 7) is 0. The van der Waals surface area contributed by atoms with Crippen LogP contribution in [0.4, 0.5) is 8.78 Å². The minimum Gasteiger partial charge on any atom is -0.494 e. The zero-order valence-corrected chi connectivity index (χ0v) is 21.5. The van der Waals surface area contributed by atoms with E-state index in [4.69, 9.17) is 9.47 Å². The number of carbonyl (C=O) groups is 2. The highest BCUT2D eigenvalue weighted by Crippen LogP contribution is 2.21. The second kappa shape index (κ2) is 12.9. The van der Waals surface area contributed by atoms with Crippen LogP contribution in [-0.2, 0) is 0 Å². The Bertz CT molecular complexity index is 1450. The topological polar surface area (TPSA) is 101 Å². The molecule has 0 radical (unpaired) electrons. The monoisotopic (exact) mass is 542 g/mol. The molecule has 40 heavy (non-hydrogen) atoms. The third-order valence-electron chi connectivity index (χ3n) is 5.74. The lowest BCUT2D eigenvalue weighted by molar-refractivity contribution is 0.0947. The lowest BCUT2D eigenvalue weighted by atomic mass is 10.0. The Morgan fingerprint density at radius 1 is 0.625 bits per heavy atom. The van der Waals surface area contributed by atoms with Crippen molar-refractivity contribution in [3.05, 3.63) is 119 Å². The van der Waals surface area contributed by atoms with Crippen LogP contribution in [0.2, 0.25) is 0 Å². The average molecular weight is 543 g/mol. The summed E-state index contributed by atoms with van der Waals surface area (Å²) < 4.78 is 36.9. The SMILES string of the molecule is COc1cc(/C=N/NC(=O)c2ccc(-c3ccc(C(=O)N/N=C/c4ccc(F)c(OC)c4)cc3)cc2)ccc1F. The van der Waals surface area contributed by atoms with Crippen molar-refractivity contribution in [2.75, 3.05) is 14.2 Å². The van der Waals surface area contributed by atoms with Gasteiger partial charge in [-0.2, -0.15) is 10.2 Å². The predicted octanol–water partition coefficient (Wildman–Crippen LogP) is 5.18. The van der Waals surface area contributed by atoms with Gasteiger partial charge in [-0.15, -0.1) is 0 Å². The third kappa shape index (κ3) is 6.93. The number of hydrogen-bond acceptors (Lipinski definition) is 6. The summed E-state index contributed by atoms with van der Waals surface area (Å²) in [6, 6.07) is 22.2. The molecule has 4 aromatic carbocycles. The molecule has 4 rings (SSSR count). The molecule has 202 valence electrons. The summed E-state index contributed by atoms with van der Waals surface area (Å²) in [5, 5.41) is 7.82. The van der Waals surface area contributed by atoms with Crippen LogP contribution in [0.1, 0.15) is 31.8 Å². The van der Waals surface area contributed by atoms with Crippen LogP contribution >= 0.6 is 0 Å². The van der Waals surface area contributed by atoms with Crippen LogP contribution in [0.5, 0.6) is 11.5 Å². The number of nitrogens with zero attached hydrogens (tertiary/aromatic N) is 2. The maximum atomic E-state index is 13.5. The van der Waals surface area contributed by atoms with Crippen molar-refractivity contribution in [2.24, 2.45) is 10.2 Å². The molecule has 0 atom stereocenters. The summed E-state index contributed by atoms with van der Waals surface area (Å²) in [6.07, 6.45) is 2.77. The number of benzene rings is 4. The highest BCUT2D eigenvalue weighted by molar-refractivity contribution is 5.96. The Morgan fingerprint density at radius 3 is 1.35 bits per heavy atom. The minimum atomic E-state index is -0.490. The molecule has 0 fully saturated rings. The molecule has 10 heteroatoms. The van der Waals surface area contributed by atoms with Gasteiger partial charge >= 0.3 is 0 Å². The molecular formula is C30H24F2N4O4. The molecule has 0 unspecified atom stereocenters. The molecule has 0 heterocycles. The largest absolute Gasteiger partial charge is 0.494 e. The number of hydrazone groups is 2. The van der Waals surface area contributed by atoms with E-state index in [9.17, 15) is 18.4 Å². The quantitative estimate of drug-likeness (QED) is 0.225. The first-order valence-corrected chi connectivity index (χ1v) is 11.9. The fourth-order valence-electron chi connectivity index (χ4n) is 3.60. The number of rotatable bonds is 9. The summed E-state index contributed by atoms with van der Waals surface area (Å²) in [4.78, 5) is 24.8. The van der Waals surface area contributed by atoms with Gasteiger partial charge in [0.25, 0.3) is 11.8 Å². The smallest absolute Gasteiger partial charge is 0.271 e. The number of carbonyl (C=O) groups excluding carboxylic acids is 2. The molecular weight excluding hydrogens is 518 g/mol. The van der Waals surface area contributed by atoms with Gasteiger partial charge in [-0.05, 0) is 70.8 Å². The van der Waals surface area contributed by atoms with Crippen molar-refractivity contribution in [1.29, 1.82) is 0 Å². The van der Waals surface area contributed by atoms with Gasteiger partial charge in [-0.25, -0.2) is 19.6 Å². The van der Waals surface area contributed by atoms with E-state index in [1.54, 1.807) is 48.5 Å². The molecule has 0 aliphatic rings. The second-order valence-electron chi connectivity index (χ2n) is 8.34. The zero-order chi connectivity index (χ0) is 28.5. The van der Waals surface area contributed by atoms with Crippen LogP contribution < -0.4 is 20.3 Å². The van der Waals surface area contributed by atoms with Crippen molar-refractivity contribution >= 4 is 24.2 Å². The molecule has 0 bridgehead atoms. The van der Waals surface area contributed by atoms with Crippen LogP contribution in [0.3, 0.4) is 0 Å². The molecule has 0 spiro atoms. The van der Waals surface area contributed by atoms with Gasteiger partial charge in [0, 0.05) is 11.1 Å². The van der Waals surface area contributed by atoms with Crippen LogP contribution in [-0.4, -0.2) is 38.5 Å². The van der Waals surface area contributed by atoms with Crippen LogP contribution in [0.25, 0.3) is 11.1 Å². The fraction of sp³-hybridized carbons (Fsp3) is 0.0667. The van der Waals surface area contributed by atoms with Crippen molar-refractivity contribution in [3.8, 4) is 22.6 Å². The lowest BCUT2D eigenvalue weighted by Crippen LogP contribution is -2.17. The molecule has 0 aliphatic carbocycles. The summed E-state index contributed by atoms with van der Waals surface area (Å²) in [5.74, 6) is -1.65. The number of halogens is 2. The van der Waals surface area contributed by atoms with E-state index in [1.165, 1.54) is 63.0 Å². The van der Waals surface area contributed by atoms with E-state index in [0.717, 1.165) is 11.1 Å². The molecule has 0 saturated carbocycles. The van der Waals surface area contributed by atoms with Gasteiger partial charge in [0.15, 0.2) is 23.1 Å². The molecule has 2 N–H and O–H groups in total. The first-order valence-electron chi connectivity index (χ1n) is 11.9. The molecule has 0 aromatic heterocycles. The number of ether oxygens (including phenoxy) is 2. The summed E-state index contributed by atoms with van der Waals surface area (Å²) >= 11 is 0. The second-order valence-corrected chi connectivity index (χ2v) is 8.34. The number of amides is 2. The van der Waals surface area contributed by atoms with E-state index in [-0.39, 0.29) is 11.5 Å². The Morgan fingerprint density at radius 2 is 1.00 bits per heavy atom. The van der Waals surface area contributed by atoms with Crippen molar-refractivity contribution in [2.45, 2.75) is 0 Å². The van der Waals surface area contributed by atoms with Crippen LogP contribution in [0, 0.1) is 11.6 Å². The average Bonchev–Trinajstić information content (AvgIpc) is 2.98. The van der Waals surface area contributed by atoms with Gasteiger partial charge in [0.2, 0.25) is 0 Å². The van der Waals surface area contributed by atoms with Gasteiger partial charge in [-0.3, -0.25) is 9.59 Å². The Labute approximate surface area is 229 Å².